The van der Waals surface area contributed by atoms with Crippen LogP contribution in [0.1, 0.15) is 10.4 Å². The Labute approximate surface area is 98.9 Å². The number of ether oxygens (including phenoxy) is 2. The van der Waals surface area contributed by atoms with E-state index in [2.05, 4.69) is 0 Å². The second-order valence-corrected chi connectivity index (χ2v) is 3.58. The average molecular weight is 231 g/mol. The Morgan fingerprint density at radius 3 is 2.41 bits per heavy atom. The van der Waals surface area contributed by atoms with Crippen LogP contribution in [0, 0.1) is 0 Å². The summed E-state index contributed by atoms with van der Waals surface area (Å²) in [4.78, 5) is 11.7. The van der Waals surface area contributed by atoms with Gasteiger partial charge in [0.1, 0.15) is 5.75 Å². The molecule has 2 aromatic rings. The Bertz CT molecular complexity index is 578. The number of carbonyl (C=O) groups excluding carboxylic acids is 1. The van der Waals surface area contributed by atoms with Gasteiger partial charge in [-0.2, -0.15) is 0 Å². The highest BCUT2D eigenvalue weighted by atomic mass is 16.5. The lowest BCUT2D eigenvalue weighted by molar-refractivity contribution is 0.0604. The molecule has 88 valence electrons. The second-order valence-electron chi connectivity index (χ2n) is 3.58. The fourth-order valence-electron chi connectivity index (χ4n) is 1.86. The SMILES string of the molecule is COC(=O)c1c(N)cc(OC)c2ccccc12. The standard InChI is InChI=1S/C13H13NO3/c1-16-11-7-10(14)12(13(15)17-2)9-6-4-3-5-8(9)11/h3-7H,14H2,1-2H3. The summed E-state index contributed by atoms with van der Waals surface area (Å²) < 4.78 is 9.98. The average Bonchev–Trinajstić information content (AvgIpc) is 2.37. The van der Waals surface area contributed by atoms with E-state index in [1.807, 2.05) is 24.3 Å². The van der Waals surface area contributed by atoms with Crippen LogP contribution in [0.3, 0.4) is 0 Å². The lowest BCUT2D eigenvalue weighted by Gasteiger charge is -2.11. The number of methoxy groups -OCH3 is 2. The van der Waals surface area contributed by atoms with Crippen molar-refractivity contribution in [3.8, 4) is 5.75 Å². The predicted octanol–water partition coefficient (Wildman–Crippen LogP) is 2.22. The number of nitrogens with two attached hydrogens (primary N) is 1. The van der Waals surface area contributed by atoms with Crippen molar-refractivity contribution in [2.75, 3.05) is 20.0 Å². The molecule has 2 aromatic carbocycles. The Kier molecular flexibility index (Phi) is 2.87. The number of nitrogen functional groups attached to an aromatic ring is 1. The van der Waals surface area contributed by atoms with Crippen molar-refractivity contribution in [2.24, 2.45) is 0 Å². The van der Waals surface area contributed by atoms with Crippen LogP contribution in [0.5, 0.6) is 5.75 Å². The molecule has 0 saturated heterocycles. The summed E-state index contributed by atoms with van der Waals surface area (Å²) in [6.45, 7) is 0. The summed E-state index contributed by atoms with van der Waals surface area (Å²) in [5.41, 5.74) is 6.59. The molecule has 2 rings (SSSR count). The van der Waals surface area contributed by atoms with Crippen LogP contribution in [0.4, 0.5) is 5.69 Å². The maximum atomic E-state index is 11.7. The molecule has 0 aliphatic carbocycles. The first-order valence-electron chi connectivity index (χ1n) is 5.12. The maximum Gasteiger partial charge on any atom is 0.340 e. The van der Waals surface area contributed by atoms with Crippen molar-refractivity contribution in [3.63, 3.8) is 0 Å². The minimum atomic E-state index is -0.443. The molecule has 0 heterocycles. The van der Waals surface area contributed by atoms with E-state index in [9.17, 15) is 4.79 Å². The number of carbonyl (C=O) groups is 1. The van der Waals surface area contributed by atoms with Crippen molar-refractivity contribution in [3.05, 3.63) is 35.9 Å². The van der Waals surface area contributed by atoms with Crippen LogP contribution in [0.15, 0.2) is 30.3 Å². The Balaban J connectivity index is 2.84. The van der Waals surface area contributed by atoms with Gasteiger partial charge in [-0.1, -0.05) is 24.3 Å². The van der Waals surface area contributed by atoms with Gasteiger partial charge in [-0.25, -0.2) is 4.79 Å². The highest BCUT2D eigenvalue weighted by molar-refractivity contribution is 6.10. The van der Waals surface area contributed by atoms with E-state index in [-0.39, 0.29) is 0 Å². The van der Waals surface area contributed by atoms with E-state index >= 15 is 0 Å². The Morgan fingerprint density at radius 1 is 1.18 bits per heavy atom. The molecule has 0 aromatic heterocycles. The minimum absolute atomic E-state index is 0.354. The van der Waals surface area contributed by atoms with Gasteiger partial charge in [-0.3, -0.25) is 0 Å². The molecule has 4 heteroatoms. The molecule has 4 nitrogen and oxygen atoms in total. The van der Waals surface area contributed by atoms with E-state index in [4.69, 9.17) is 15.2 Å². The van der Waals surface area contributed by atoms with Gasteiger partial charge in [-0.05, 0) is 0 Å². The van der Waals surface area contributed by atoms with Gasteiger partial charge in [0.15, 0.2) is 0 Å². The van der Waals surface area contributed by atoms with Gasteiger partial charge in [0, 0.05) is 16.8 Å². The third kappa shape index (κ3) is 1.78. The topological polar surface area (TPSA) is 61.5 Å². The highest BCUT2D eigenvalue weighted by Crippen LogP contribution is 2.33. The number of hydrogen-bond donors (Lipinski definition) is 1. The molecular weight excluding hydrogens is 218 g/mol. The van der Waals surface area contributed by atoms with E-state index in [1.165, 1.54) is 7.11 Å². The summed E-state index contributed by atoms with van der Waals surface area (Å²) in [7, 11) is 2.90. The van der Waals surface area contributed by atoms with Crippen molar-refractivity contribution >= 4 is 22.4 Å². The van der Waals surface area contributed by atoms with Crippen LogP contribution < -0.4 is 10.5 Å². The molecule has 0 fully saturated rings. The second kappa shape index (κ2) is 4.33. The lowest BCUT2D eigenvalue weighted by atomic mass is 10.0. The summed E-state index contributed by atoms with van der Waals surface area (Å²) in [5.74, 6) is 0.201. The molecule has 0 unspecified atom stereocenters. The molecule has 2 N–H and O–H groups in total. The van der Waals surface area contributed by atoms with E-state index in [1.54, 1.807) is 13.2 Å². The molecule has 0 saturated carbocycles. The van der Waals surface area contributed by atoms with Crippen LogP contribution in [0.2, 0.25) is 0 Å². The van der Waals surface area contributed by atoms with Gasteiger partial charge in [-0.15, -0.1) is 0 Å². The zero-order valence-electron chi connectivity index (χ0n) is 9.69. The minimum Gasteiger partial charge on any atom is -0.496 e. The third-order valence-corrected chi connectivity index (χ3v) is 2.65. The van der Waals surface area contributed by atoms with E-state index < -0.39 is 5.97 Å². The van der Waals surface area contributed by atoms with Crippen molar-refractivity contribution in [1.82, 2.24) is 0 Å². The van der Waals surface area contributed by atoms with Crippen molar-refractivity contribution < 1.29 is 14.3 Å². The lowest BCUT2D eigenvalue weighted by Crippen LogP contribution is -2.07. The normalized spacial score (nSPS) is 10.2. The quantitative estimate of drug-likeness (QED) is 0.636. The fraction of sp³-hybridized carbons (Fsp3) is 0.154. The van der Waals surface area contributed by atoms with Crippen molar-refractivity contribution in [2.45, 2.75) is 0 Å². The van der Waals surface area contributed by atoms with E-state index in [0.717, 1.165) is 10.8 Å². The van der Waals surface area contributed by atoms with Gasteiger partial charge < -0.3 is 15.2 Å². The first-order chi connectivity index (χ1) is 8.19. The van der Waals surface area contributed by atoms with Crippen LogP contribution in [-0.2, 0) is 4.74 Å². The first kappa shape index (κ1) is 11.3. The van der Waals surface area contributed by atoms with Gasteiger partial charge >= 0.3 is 5.97 Å². The molecule has 0 atom stereocenters. The first-order valence-corrected chi connectivity index (χ1v) is 5.12. The molecule has 0 aliphatic heterocycles. The van der Waals surface area contributed by atoms with Gasteiger partial charge in [0.2, 0.25) is 0 Å². The number of benzene rings is 2. The Hall–Kier alpha value is -2.23. The number of rotatable bonds is 2. The van der Waals surface area contributed by atoms with Crippen LogP contribution >= 0.6 is 0 Å². The molecule has 0 spiro atoms. The molecule has 0 bridgehead atoms. The molecular formula is C13H13NO3. The highest BCUT2D eigenvalue weighted by Gasteiger charge is 2.17. The van der Waals surface area contributed by atoms with Crippen molar-refractivity contribution in [1.29, 1.82) is 0 Å². The molecule has 17 heavy (non-hydrogen) atoms. The third-order valence-electron chi connectivity index (χ3n) is 2.65. The van der Waals surface area contributed by atoms with Crippen LogP contribution in [0.25, 0.3) is 10.8 Å². The van der Waals surface area contributed by atoms with Gasteiger partial charge in [0.25, 0.3) is 0 Å². The molecule has 0 aliphatic rings. The van der Waals surface area contributed by atoms with E-state index in [0.29, 0.717) is 17.0 Å². The molecule has 0 radical (unpaired) electrons. The number of fused-ring (bicyclic) bond motifs is 1. The summed E-state index contributed by atoms with van der Waals surface area (Å²) in [5, 5.41) is 1.57. The summed E-state index contributed by atoms with van der Waals surface area (Å²) in [6, 6.07) is 9.05. The fourth-order valence-corrected chi connectivity index (χ4v) is 1.86. The number of anilines is 1. The molecule has 0 amide bonds. The Morgan fingerprint density at radius 2 is 1.82 bits per heavy atom. The maximum absolute atomic E-state index is 11.7. The summed E-state index contributed by atoms with van der Waals surface area (Å²) >= 11 is 0. The zero-order chi connectivity index (χ0) is 12.4. The number of esters is 1. The largest absolute Gasteiger partial charge is 0.496 e. The van der Waals surface area contributed by atoms with Crippen LogP contribution in [-0.4, -0.2) is 20.2 Å². The summed E-state index contributed by atoms with van der Waals surface area (Å²) in [6.07, 6.45) is 0. The number of hydrogen-bond acceptors (Lipinski definition) is 4. The smallest absolute Gasteiger partial charge is 0.340 e. The zero-order valence-corrected chi connectivity index (χ0v) is 9.69. The van der Waals surface area contributed by atoms with Gasteiger partial charge in [0.05, 0.1) is 25.5 Å². The monoisotopic (exact) mass is 231 g/mol. The predicted molar refractivity (Wildman–Crippen MR) is 66.3 cm³/mol.